The van der Waals surface area contributed by atoms with Gasteiger partial charge in [-0.1, -0.05) is 11.6 Å². The van der Waals surface area contributed by atoms with Crippen LogP contribution in [0.15, 0.2) is 48.5 Å². The molecule has 0 aliphatic carbocycles. The lowest BCUT2D eigenvalue weighted by Gasteiger charge is -2.24. The molecule has 0 aliphatic heterocycles. The van der Waals surface area contributed by atoms with E-state index >= 15 is 0 Å². The fraction of sp³-hybridized carbons (Fsp3) is 0.250. The molecule has 2 aromatic carbocycles. The van der Waals surface area contributed by atoms with Crippen LogP contribution < -0.4 is 10.5 Å². The molecule has 3 N–H and O–H groups in total. The highest BCUT2D eigenvalue weighted by atomic mass is 35.5. The lowest BCUT2D eigenvalue weighted by molar-refractivity contribution is -0.161. The number of carbonyl (C=O) groups excluding carboxylic acids is 2. The molecule has 0 bridgehead atoms. The Morgan fingerprint density at radius 1 is 1.04 bits per heavy atom. The summed E-state index contributed by atoms with van der Waals surface area (Å²) >= 11 is 5.82. The number of carboxylic acid groups (broad SMARTS) is 1. The SMILES string of the molecule is CC(C)(Oc1ccc(C(=O)c2ccc(Cl)cc2)cc1)C(=O)OC[C@H](N)C(=O)O. The standard InChI is InChI=1S/C20H20ClNO6/c1-20(2,19(26)27-11-16(22)18(24)25)28-15-9-5-13(6-10-15)17(23)12-3-7-14(21)8-4-12/h3-10,16H,11,22H2,1-2H3,(H,24,25)/t16-/m0/s1. The van der Waals surface area contributed by atoms with Crippen molar-refractivity contribution in [2.45, 2.75) is 25.5 Å². The number of ketones is 1. The maximum atomic E-state index is 12.4. The van der Waals surface area contributed by atoms with Crippen molar-refractivity contribution in [1.29, 1.82) is 0 Å². The van der Waals surface area contributed by atoms with E-state index in [1.807, 2.05) is 0 Å². The molecule has 8 heteroatoms. The third kappa shape index (κ3) is 5.55. The second-order valence-corrected chi connectivity index (χ2v) is 6.95. The molecule has 0 amide bonds. The molecular formula is C20H20ClNO6. The van der Waals surface area contributed by atoms with Gasteiger partial charge in [0.15, 0.2) is 11.4 Å². The van der Waals surface area contributed by atoms with Crippen LogP contribution in [0, 0.1) is 0 Å². The molecule has 0 radical (unpaired) electrons. The second-order valence-electron chi connectivity index (χ2n) is 6.52. The summed E-state index contributed by atoms with van der Waals surface area (Å²) in [5.41, 5.74) is 4.87. The summed E-state index contributed by atoms with van der Waals surface area (Å²) in [5, 5.41) is 9.26. The molecule has 0 unspecified atom stereocenters. The molecular weight excluding hydrogens is 386 g/mol. The molecule has 0 saturated heterocycles. The van der Waals surface area contributed by atoms with E-state index in [-0.39, 0.29) is 5.78 Å². The summed E-state index contributed by atoms with van der Waals surface area (Å²) in [6.07, 6.45) is 0. The highest BCUT2D eigenvalue weighted by Crippen LogP contribution is 2.22. The van der Waals surface area contributed by atoms with Crippen molar-refractivity contribution >= 4 is 29.3 Å². The largest absolute Gasteiger partial charge is 0.480 e. The first-order valence-electron chi connectivity index (χ1n) is 8.35. The van der Waals surface area contributed by atoms with E-state index < -0.39 is 30.2 Å². The molecule has 7 nitrogen and oxygen atoms in total. The van der Waals surface area contributed by atoms with E-state index in [4.69, 9.17) is 31.9 Å². The quantitative estimate of drug-likeness (QED) is 0.512. The average molecular weight is 406 g/mol. The molecule has 0 aromatic heterocycles. The van der Waals surface area contributed by atoms with Crippen LogP contribution in [-0.4, -0.2) is 41.1 Å². The Morgan fingerprint density at radius 3 is 2.04 bits per heavy atom. The van der Waals surface area contributed by atoms with Crippen LogP contribution in [0.5, 0.6) is 5.75 Å². The normalized spacial score (nSPS) is 12.1. The van der Waals surface area contributed by atoms with Crippen LogP contribution in [0.4, 0.5) is 0 Å². The molecule has 0 spiro atoms. The molecule has 2 aromatic rings. The molecule has 0 saturated carbocycles. The first-order valence-corrected chi connectivity index (χ1v) is 8.73. The Bertz CT molecular complexity index is 861. The second kappa shape index (κ2) is 8.86. The van der Waals surface area contributed by atoms with Gasteiger partial charge in [-0.05, 0) is 62.4 Å². The summed E-state index contributed by atoms with van der Waals surface area (Å²) in [5.74, 6) is -1.86. The zero-order valence-corrected chi connectivity index (χ0v) is 16.1. The lowest BCUT2D eigenvalue weighted by Crippen LogP contribution is -2.43. The molecule has 0 fully saturated rings. The van der Waals surface area contributed by atoms with Crippen LogP contribution in [0.1, 0.15) is 29.8 Å². The number of carbonyl (C=O) groups is 3. The van der Waals surface area contributed by atoms with Gasteiger partial charge in [-0.3, -0.25) is 9.59 Å². The zero-order chi connectivity index (χ0) is 20.9. The molecule has 148 valence electrons. The fourth-order valence-corrected chi connectivity index (χ4v) is 2.32. The van der Waals surface area contributed by atoms with Crippen molar-refractivity contribution in [2.75, 3.05) is 6.61 Å². The minimum absolute atomic E-state index is 0.176. The minimum atomic E-state index is -1.38. The van der Waals surface area contributed by atoms with Crippen LogP contribution >= 0.6 is 11.6 Å². The van der Waals surface area contributed by atoms with E-state index in [0.29, 0.717) is 21.9 Å². The summed E-state index contributed by atoms with van der Waals surface area (Å²) in [6.45, 7) is 2.50. The number of hydrogen-bond donors (Lipinski definition) is 2. The van der Waals surface area contributed by atoms with Gasteiger partial charge in [-0.25, -0.2) is 4.79 Å². The van der Waals surface area contributed by atoms with E-state index in [1.54, 1.807) is 48.5 Å². The van der Waals surface area contributed by atoms with E-state index in [1.165, 1.54) is 13.8 Å². The number of ether oxygens (including phenoxy) is 2. The number of aliphatic carboxylic acids is 1. The number of hydrogen-bond acceptors (Lipinski definition) is 6. The van der Waals surface area contributed by atoms with Crippen LogP contribution in [-0.2, 0) is 14.3 Å². The minimum Gasteiger partial charge on any atom is -0.480 e. The van der Waals surface area contributed by atoms with Crippen molar-refractivity contribution < 1.29 is 29.0 Å². The van der Waals surface area contributed by atoms with Crippen LogP contribution in [0.25, 0.3) is 0 Å². The van der Waals surface area contributed by atoms with Gasteiger partial charge >= 0.3 is 11.9 Å². The first-order chi connectivity index (χ1) is 13.1. The Labute approximate surface area is 167 Å². The number of halogens is 1. The first kappa shape index (κ1) is 21.4. The highest BCUT2D eigenvalue weighted by Gasteiger charge is 2.32. The molecule has 0 heterocycles. The predicted octanol–water partition coefficient (Wildman–Crippen LogP) is 2.68. The van der Waals surface area contributed by atoms with E-state index in [2.05, 4.69) is 0 Å². The monoisotopic (exact) mass is 405 g/mol. The van der Waals surface area contributed by atoms with Crippen molar-refractivity contribution in [3.8, 4) is 5.75 Å². The summed E-state index contributed by atoms with van der Waals surface area (Å²) < 4.78 is 10.5. The maximum Gasteiger partial charge on any atom is 0.349 e. The highest BCUT2D eigenvalue weighted by molar-refractivity contribution is 6.30. The number of esters is 1. The van der Waals surface area contributed by atoms with Gasteiger partial charge in [0.25, 0.3) is 0 Å². The van der Waals surface area contributed by atoms with Crippen LogP contribution in [0.3, 0.4) is 0 Å². The molecule has 1 atom stereocenters. The van der Waals surface area contributed by atoms with Gasteiger partial charge in [0.2, 0.25) is 0 Å². The Hall–Kier alpha value is -2.90. The third-order valence-electron chi connectivity index (χ3n) is 3.80. The molecule has 2 rings (SSSR count). The maximum absolute atomic E-state index is 12.4. The fourth-order valence-electron chi connectivity index (χ4n) is 2.19. The van der Waals surface area contributed by atoms with Crippen molar-refractivity contribution in [3.05, 3.63) is 64.7 Å². The Balaban J connectivity index is 2.02. The summed E-state index contributed by atoms with van der Waals surface area (Å²) in [4.78, 5) is 35.2. The summed E-state index contributed by atoms with van der Waals surface area (Å²) in [6, 6.07) is 11.5. The van der Waals surface area contributed by atoms with E-state index in [9.17, 15) is 14.4 Å². The van der Waals surface area contributed by atoms with E-state index in [0.717, 1.165) is 0 Å². The number of nitrogens with two attached hydrogens (primary N) is 1. The van der Waals surface area contributed by atoms with Gasteiger partial charge in [0.1, 0.15) is 18.4 Å². The topological polar surface area (TPSA) is 116 Å². The zero-order valence-electron chi connectivity index (χ0n) is 15.3. The predicted molar refractivity (Wildman–Crippen MR) is 103 cm³/mol. The average Bonchev–Trinajstić information content (AvgIpc) is 2.66. The smallest absolute Gasteiger partial charge is 0.349 e. The number of benzene rings is 2. The van der Waals surface area contributed by atoms with Gasteiger partial charge in [0.05, 0.1) is 0 Å². The molecule has 28 heavy (non-hydrogen) atoms. The van der Waals surface area contributed by atoms with Crippen molar-refractivity contribution in [1.82, 2.24) is 0 Å². The number of rotatable bonds is 8. The van der Waals surface area contributed by atoms with Crippen molar-refractivity contribution in [3.63, 3.8) is 0 Å². The molecule has 0 aliphatic rings. The Kier molecular flexibility index (Phi) is 6.77. The number of carboxylic acids is 1. The summed E-state index contributed by atoms with van der Waals surface area (Å²) in [7, 11) is 0. The third-order valence-corrected chi connectivity index (χ3v) is 4.05. The van der Waals surface area contributed by atoms with Gasteiger partial charge < -0.3 is 20.3 Å². The van der Waals surface area contributed by atoms with Gasteiger partial charge in [-0.15, -0.1) is 0 Å². The van der Waals surface area contributed by atoms with Gasteiger partial charge in [-0.2, -0.15) is 0 Å². The lowest BCUT2D eigenvalue weighted by atomic mass is 10.0. The Morgan fingerprint density at radius 2 is 1.54 bits per heavy atom. The van der Waals surface area contributed by atoms with Gasteiger partial charge in [0, 0.05) is 16.1 Å². The van der Waals surface area contributed by atoms with Crippen molar-refractivity contribution in [2.24, 2.45) is 5.73 Å². The van der Waals surface area contributed by atoms with Crippen LogP contribution in [0.2, 0.25) is 5.02 Å².